The smallest absolute Gasteiger partial charge is 0.131 e. The van der Waals surface area contributed by atoms with Crippen molar-refractivity contribution in [1.82, 2.24) is 4.37 Å². The Labute approximate surface area is 84.5 Å². The third kappa shape index (κ3) is 1.94. The molecule has 1 aromatic rings. The number of rotatable bonds is 1. The third-order valence-electron chi connectivity index (χ3n) is 1.35. The third-order valence-corrected chi connectivity index (χ3v) is 2.56. The maximum Gasteiger partial charge on any atom is 0.131 e. The van der Waals surface area contributed by atoms with E-state index in [1.54, 1.807) is 0 Å². The highest BCUT2D eigenvalue weighted by Crippen LogP contribution is 2.33. The molecule has 58 valence electrons. The van der Waals surface area contributed by atoms with Gasteiger partial charge < -0.3 is 0 Å². The van der Waals surface area contributed by atoms with Gasteiger partial charge in [-0.1, -0.05) is 22.6 Å². The molecule has 0 spiro atoms. The van der Waals surface area contributed by atoms with E-state index in [0.717, 1.165) is 11.3 Å². The highest BCUT2D eigenvalue weighted by molar-refractivity contribution is 14.1. The lowest BCUT2D eigenvalue weighted by Crippen LogP contribution is -2.06. The molecule has 0 amide bonds. The van der Waals surface area contributed by atoms with Gasteiger partial charge in [0.25, 0.3) is 0 Å². The molecule has 11 heavy (non-hydrogen) atoms. The van der Waals surface area contributed by atoms with E-state index in [9.17, 15) is 0 Å². The molecule has 0 radical (unpaired) electrons. The minimum atomic E-state index is 0.0897. The Bertz CT molecular complexity index is 290. The molecule has 0 unspecified atom stereocenters. The molecule has 0 aromatic carbocycles. The lowest BCUT2D eigenvalue weighted by atomic mass is 10.1. The van der Waals surface area contributed by atoms with Gasteiger partial charge in [0.15, 0.2) is 0 Å². The Morgan fingerprint density at radius 1 is 1.73 bits per heavy atom. The van der Waals surface area contributed by atoms with Crippen LogP contribution in [-0.4, -0.2) is 4.37 Å². The van der Waals surface area contributed by atoms with Crippen LogP contribution in [-0.2, 0) is 3.42 Å². The maximum atomic E-state index is 5.28. The average molecular weight is 277 g/mol. The highest BCUT2D eigenvalue weighted by atomic mass is 127. The van der Waals surface area contributed by atoms with Crippen LogP contribution < -0.4 is 0 Å². The van der Waals surface area contributed by atoms with E-state index >= 15 is 0 Å². The Morgan fingerprint density at radius 3 is 2.73 bits per heavy atom. The van der Waals surface area contributed by atoms with Gasteiger partial charge in [-0.05, 0) is 31.3 Å². The quantitative estimate of drug-likeness (QED) is 0.437. The van der Waals surface area contributed by atoms with E-state index in [2.05, 4.69) is 46.7 Å². The lowest BCUT2D eigenvalue weighted by Gasteiger charge is -2.13. The second-order valence-corrected chi connectivity index (χ2v) is 6.02. The Hall–Kier alpha value is -0.0800. The molecule has 1 nitrogen and oxygen atoms in total. The molecule has 0 saturated carbocycles. The first kappa shape index (κ1) is 9.01. The minimum Gasteiger partial charge on any atom is -0.184 e. The SMILES string of the molecule is C#Cc1nscc1C(C)(C)I. The fourth-order valence-corrected chi connectivity index (χ4v) is 2.21. The summed E-state index contributed by atoms with van der Waals surface area (Å²) in [4.78, 5) is 0. The van der Waals surface area contributed by atoms with Gasteiger partial charge in [-0.25, -0.2) is 0 Å². The zero-order valence-corrected chi connectivity index (χ0v) is 9.36. The molecular weight excluding hydrogens is 269 g/mol. The van der Waals surface area contributed by atoms with Crippen LogP contribution in [0.15, 0.2) is 5.38 Å². The van der Waals surface area contributed by atoms with Gasteiger partial charge in [0, 0.05) is 14.4 Å². The van der Waals surface area contributed by atoms with Crippen LogP contribution in [0.3, 0.4) is 0 Å². The molecule has 0 fully saturated rings. The minimum absolute atomic E-state index is 0.0897. The van der Waals surface area contributed by atoms with Crippen molar-refractivity contribution in [2.24, 2.45) is 0 Å². The fraction of sp³-hybridized carbons (Fsp3) is 0.375. The van der Waals surface area contributed by atoms with Gasteiger partial charge in [-0.2, -0.15) is 4.37 Å². The molecule has 0 saturated heterocycles. The predicted octanol–water partition coefficient (Wildman–Crippen LogP) is 2.79. The molecule has 3 heteroatoms. The van der Waals surface area contributed by atoms with Crippen molar-refractivity contribution in [3.8, 4) is 12.3 Å². The predicted molar refractivity (Wildman–Crippen MR) is 57.1 cm³/mol. The van der Waals surface area contributed by atoms with Gasteiger partial charge in [-0.15, -0.1) is 6.42 Å². The van der Waals surface area contributed by atoms with Crippen molar-refractivity contribution in [2.45, 2.75) is 17.3 Å². The first-order valence-electron chi connectivity index (χ1n) is 3.16. The van der Waals surface area contributed by atoms with Gasteiger partial charge >= 0.3 is 0 Å². The second kappa shape index (κ2) is 3.11. The molecule has 0 aliphatic rings. The van der Waals surface area contributed by atoms with E-state index in [0.29, 0.717) is 0 Å². The van der Waals surface area contributed by atoms with Gasteiger partial charge in [0.2, 0.25) is 0 Å². The summed E-state index contributed by atoms with van der Waals surface area (Å²) >= 11 is 3.78. The first-order chi connectivity index (χ1) is 5.05. The molecule has 1 heterocycles. The topological polar surface area (TPSA) is 12.9 Å². The van der Waals surface area contributed by atoms with Crippen molar-refractivity contribution in [3.05, 3.63) is 16.6 Å². The molecule has 0 aliphatic heterocycles. The molecule has 0 atom stereocenters. The zero-order valence-electron chi connectivity index (χ0n) is 6.39. The van der Waals surface area contributed by atoms with Crippen LogP contribution in [0.4, 0.5) is 0 Å². The Morgan fingerprint density at radius 2 is 2.36 bits per heavy atom. The molecule has 1 aromatic heterocycles. The van der Waals surface area contributed by atoms with Crippen molar-refractivity contribution in [1.29, 1.82) is 0 Å². The number of terminal acetylenes is 1. The number of aromatic nitrogens is 1. The van der Waals surface area contributed by atoms with E-state index < -0.39 is 0 Å². The largest absolute Gasteiger partial charge is 0.184 e. The maximum absolute atomic E-state index is 5.28. The molecule has 0 N–H and O–H groups in total. The van der Waals surface area contributed by atoms with Crippen molar-refractivity contribution < 1.29 is 0 Å². The molecular formula is C8H8INS. The second-order valence-electron chi connectivity index (χ2n) is 2.69. The number of hydrogen-bond donors (Lipinski definition) is 0. The van der Waals surface area contributed by atoms with Crippen molar-refractivity contribution in [3.63, 3.8) is 0 Å². The van der Waals surface area contributed by atoms with Crippen LogP contribution in [0.2, 0.25) is 0 Å². The summed E-state index contributed by atoms with van der Waals surface area (Å²) in [6.07, 6.45) is 5.28. The van der Waals surface area contributed by atoms with Crippen molar-refractivity contribution >= 4 is 34.1 Å². The van der Waals surface area contributed by atoms with Crippen LogP contribution in [0.1, 0.15) is 25.1 Å². The number of alkyl halides is 1. The monoisotopic (exact) mass is 277 g/mol. The number of hydrogen-bond acceptors (Lipinski definition) is 2. The van der Waals surface area contributed by atoms with Gasteiger partial charge in [0.1, 0.15) is 5.69 Å². The average Bonchev–Trinajstić information content (AvgIpc) is 2.31. The van der Waals surface area contributed by atoms with E-state index in [4.69, 9.17) is 6.42 Å². The van der Waals surface area contributed by atoms with Crippen LogP contribution in [0, 0.1) is 12.3 Å². The van der Waals surface area contributed by atoms with Crippen molar-refractivity contribution in [2.75, 3.05) is 0 Å². The fourth-order valence-electron chi connectivity index (χ4n) is 0.763. The summed E-state index contributed by atoms with van der Waals surface area (Å²) in [5, 5.41) is 2.02. The normalized spacial score (nSPS) is 11.1. The van der Waals surface area contributed by atoms with Gasteiger partial charge in [0.05, 0.1) is 0 Å². The molecule has 0 aliphatic carbocycles. The number of nitrogens with zero attached hydrogens (tertiary/aromatic N) is 1. The number of halogens is 1. The molecule has 1 rings (SSSR count). The summed E-state index contributed by atoms with van der Waals surface area (Å²) < 4.78 is 4.19. The Balaban J connectivity index is 3.15. The van der Waals surface area contributed by atoms with Crippen LogP contribution in [0.5, 0.6) is 0 Å². The lowest BCUT2D eigenvalue weighted by molar-refractivity contribution is 0.825. The van der Waals surface area contributed by atoms with Gasteiger partial charge in [-0.3, -0.25) is 0 Å². The van der Waals surface area contributed by atoms with E-state index in [-0.39, 0.29) is 3.42 Å². The van der Waals surface area contributed by atoms with Crippen LogP contribution >= 0.6 is 34.1 Å². The Kier molecular flexibility index (Phi) is 2.55. The van der Waals surface area contributed by atoms with E-state index in [1.807, 2.05) is 5.38 Å². The van der Waals surface area contributed by atoms with E-state index in [1.165, 1.54) is 11.5 Å². The summed E-state index contributed by atoms with van der Waals surface area (Å²) in [7, 11) is 0. The zero-order chi connectivity index (χ0) is 8.48. The summed E-state index contributed by atoms with van der Waals surface area (Å²) in [5.41, 5.74) is 1.94. The summed E-state index contributed by atoms with van der Waals surface area (Å²) in [5.74, 6) is 2.58. The standard InChI is InChI=1S/C8H8INS/c1-4-7-6(5-11-10-7)8(2,3)9/h1,5H,2-3H3. The summed E-state index contributed by atoms with van der Waals surface area (Å²) in [6.45, 7) is 4.25. The summed E-state index contributed by atoms with van der Waals surface area (Å²) in [6, 6.07) is 0. The molecule has 0 bridgehead atoms. The first-order valence-corrected chi connectivity index (χ1v) is 5.07. The van der Waals surface area contributed by atoms with Crippen LogP contribution in [0.25, 0.3) is 0 Å². The highest BCUT2D eigenvalue weighted by Gasteiger charge is 2.20.